The first kappa shape index (κ1) is 16.5. The molecule has 8 heteroatoms. The van der Waals surface area contributed by atoms with Crippen molar-refractivity contribution in [2.75, 3.05) is 49.5 Å². The number of piperazine rings is 2. The number of anilines is 2. The minimum absolute atomic E-state index is 0.0138. The van der Waals surface area contributed by atoms with Crippen molar-refractivity contribution in [3.8, 4) is 0 Å². The van der Waals surface area contributed by atoms with Gasteiger partial charge in [0.05, 0.1) is 18.4 Å². The van der Waals surface area contributed by atoms with E-state index in [2.05, 4.69) is 34.8 Å². The summed E-state index contributed by atoms with van der Waals surface area (Å²) < 4.78 is 0. The summed E-state index contributed by atoms with van der Waals surface area (Å²) in [7, 11) is 0. The van der Waals surface area contributed by atoms with Crippen molar-refractivity contribution < 1.29 is 9.59 Å². The summed E-state index contributed by atoms with van der Waals surface area (Å²) in [6.45, 7) is 8.00. The molecule has 3 N–H and O–H groups in total. The van der Waals surface area contributed by atoms with Gasteiger partial charge in [0.15, 0.2) is 0 Å². The van der Waals surface area contributed by atoms with Crippen molar-refractivity contribution in [3.63, 3.8) is 0 Å². The molecule has 0 spiro atoms. The summed E-state index contributed by atoms with van der Waals surface area (Å²) in [5, 5.41) is 9.01. The van der Waals surface area contributed by atoms with Gasteiger partial charge in [-0.1, -0.05) is 0 Å². The largest absolute Gasteiger partial charge is 0.359 e. The SMILES string of the molecule is CC1(C)CN(C(=O)Nc2ccc(N3CCNC(=O)C3)cn2)CCN1. The summed E-state index contributed by atoms with van der Waals surface area (Å²) in [5.74, 6) is 0.529. The van der Waals surface area contributed by atoms with Crippen LogP contribution in [0.1, 0.15) is 13.8 Å². The van der Waals surface area contributed by atoms with Crippen molar-refractivity contribution in [3.05, 3.63) is 18.3 Å². The Balaban J connectivity index is 1.59. The molecule has 2 fully saturated rings. The number of hydrogen-bond donors (Lipinski definition) is 3. The molecular weight excluding hydrogens is 308 g/mol. The first-order chi connectivity index (χ1) is 11.4. The maximum Gasteiger partial charge on any atom is 0.323 e. The summed E-state index contributed by atoms with van der Waals surface area (Å²) in [4.78, 5) is 31.9. The van der Waals surface area contributed by atoms with E-state index in [-0.39, 0.29) is 17.5 Å². The lowest BCUT2D eigenvalue weighted by Gasteiger charge is -2.38. The van der Waals surface area contributed by atoms with Gasteiger partial charge in [0, 0.05) is 38.3 Å². The van der Waals surface area contributed by atoms with Gasteiger partial charge in [-0.15, -0.1) is 0 Å². The van der Waals surface area contributed by atoms with E-state index in [0.717, 1.165) is 18.8 Å². The molecule has 3 heterocycles. The van der Waals surface area contributed by atoms with Crippen LogP contribution < -0.4 is 20.9 Å². The fraction of sp³-hybridized carbons (Fsp3) is 0.562. The number of carbonyl (C=O) groups excluding carboxylic acids is 2. The second kappa shape index (κ2) is 6.64. The Morgan fingerprint density at radius 1 is 1.29 bits per heavy atom. The number of amides is 3. The third kappa shape index (κ3) is 3.94. The van der Waals surface area contributed by atoms with Crippen molar-refractivity contribution in [2.24, 2.45) is 0 Å². The Morgan fingerprint density at radius 2 is 2.12 bits per heavy atom. The lowest BCUT2D eigenvalue weighted by Crippen LogP contribution is -2.59. The standard InChI is InChI=1S/C16H24N6O2/c1-16(2)11-22(8-6-19-16)15(24)20-13-4-3-12(9-18-13)21-7-5-17-14(23)10-21/h3-4,9,19H,5-8,10-11H2,1-2H3,(H,17,23)(H,18,20,24). The fourth-order valence-electron chi connectivity index (χ4n) is 3.01. The average Bonchev–Trinajstić information content (AvgIpc) is 2.54. The van der Waals surface area contributed by atoms with Crippen molar-refractivity contribution >= 4 is 23.4 Å². The number of rotatable bonds is 2. The first-order valence-electron chi connectivity index (χ1n) is 8.22. The van der Waals surface area contributed by atoms with Crippen molar-refractivity contribution in [1.29, 1.82) is 0 Å². The number of hydrogen-bond acceptors (Lipinski definition) is 5. The number of pyridine rings is 1. The predicted molar refractivity (Wildman–Crippen MR) is 92.1 cm³/mol. The normalized spacial score (nSPS) is 20.5. The molecular formula is C16H24N6O2. The molecule has 0 aromatic carbocycles. The molecule has 2 aliphatic rings. The van der Waals surface area contributed by atoms with E-state index in [4.69, 9.17) is 0 Å². The van der Waals surface area contributed by atoms with Gasteiger partial charge >= 0.3 is 6.03 Å². The maximum absolute atomic E-state index is 12.4. The lowest BCUT2D eigenvalue weighted by atomic mass is 10.0. The molecule has 0 aliphatic carbocycles. The minimum atomic E-state index is -0.137. The minimum Gasteiger partial charge on any atom is -0.359 e. The molecule has 0 saturated carbocycles. The molecule has 8 nitrogen and oxygen atoms in total. The first-order valence-corrected chi connectivity index (χ1v) is 8.22. The van der Waals surface area contributed by atoms with Crippen LogP contribution in [0.15, 0.2) is 18.3 Å². The van der Waals surface area contributed by atoms with Crippen LogP contribution >= 0.6 is 0 Å². The molecule has 3 amide bonds. The number of aromatic nitrogens is 1. The molecule has 2 aliphatic heterocycles. The van der Waals surface area contributed by atoms with Crippen molar-refractivity contribution in [1.82, 2.24) is 20.5 Å². The van der Waals surface area contributed by atoms with Crippen LogP contribution in [0.3, 0.4) is 0 Å². The van der Waals surface area contributed by atoms with E-state index < -0.39 is 0 Å². The quantitative estimate of drug-likeness (QED) is 0.722. The van der Waals surface area contributed by atoms with Gasteiger partial charge in [-0.2, -0.15) is 0 Å². The Labute approximate surface area is 141 Å². The van der Waals surface area contributed by atoms with Crippen LogP contribution in [0, 0.1) is 0 Å². The monoisotopic (exact) mass is 332 g/mol. The van der Waals surface area contributed by atoms with Crippen LogP contribution in [0.4, 0.5) is 16.3 Å². The van der Waals surface area contributed by atoms with Gasteiger partial charge < -0.3 is 20.4 Å². The number of urea groups is 1. The highest BCUT2D eigenvalue weighted by Gasteiger charge is 2.28. The average molecular weight is 332 g/mol. The topological polar surface area (TPSA) is 89.6 Å². The van der Waals surface area contributed by atoms with Gasteiger partial charge in [0.1, 0.15) is 5.82 Å². The Bertz CT molecular complexity index is 615. The van der Waals surface area contributed by atoms with E-state index in [1.165, 1.54) is 0 Å². The third-order valence-electron chi connectivity index (χ3n) is 4.25. The van der Waals surface area contributed by atoms with Crippen LogP contribution in [0.2, 0.25) is 0 Å². The summed E-state index contributed by atoms with van der Waals surface area (Å²) in [6, 6.07) is 3.51. The number of carbonyl (C=O) groups is 2. The zero-order valence-corrected chi connectivity index (χ0v) is 14.1. The zero-order chi connectivity index (χ0) is 17.2. The van der Waals surface area contributed by atoms with Gasteiger partial charge in [-0.25, -0.2) is 9.78 Å². The van der Waals surface area contributed by atoms with Gasteiger partial charge in [0.2, 0.25) is 5.91 Å². The highest BCUT2D eigenvalue weighted by atomic mass is 16.2. The van der Waals surface area contributed by atoms with Crippen molar-refractivity contribution in [2.45, 2.75) is 19.4 Å². The second-order valence-corrected chi connectivity index (χ2v) is 6.84. The maximum atomic E-state index is 12.4. The van der Waals surface area contributed by atoms with Crippen LogP contribution in [-0.4, -0.2) is 66.6 Å². The second-order valence-electron chi connectivity index (χ2n) is 6.84. The molecule has 3 rings (SSSR count). The molecule has 0 bridgehead atoms. The van der Waals surface area contributed by atoms with E-state index in [1.807, 2.05) is 11.0 Å². The van der Waals surface area contributed by atoms with Crippen LogP contribution in [-0.2, 0) is 4.79 Å². The van der Waals surface area contributed by atoms with Gasteiger partial charge in [-0.3, -0.25) is 10.1 Å². The smallest absolute Gasteiger partial charge is 0.323 e. The summed E-state index contributed by atoms with van der Waals surface area (Å²) in [5.41, 5.74) is 0.799. The molecule has 1 aromatic rings. The van der Waals surface area contributed by atoms with Gasteiger partial charge in [-0.05, 0) is 26.0 Å². The molecule has 0 radical (unpaired) electrons. The Morgan fingerprint density at radius 3 is 2.79 bits per heavy atom. The summed E-state index contributed by atoms with van der Waals surface area (Å²) >= 11 is 0. The molecule has 0 unspecified atom stereocenters. The predicted octanol–water partition coefficient (Wildman–Crippen LogP) is 0.234. The number of nitrogens with one attached hydrogen (secondary N) is 3. The van der Waals surface area contributed by atoms with E-state index in [1.54, 1.807) is 17.2 Å². The number of nitrogens with zero attached hydrogens (tertiary/aromatic N) is 3. The third-order valence-corrected chi connectivity index (χ3v) is 4.25. The molecule has 130 valence electrons. The molecule has 2 saturated heterocycles. The Kier molecular flexibility index (Phi) is 4.57. The highest BCUT2D eigenvalue weighted by Crippen LogP contribution is 2.17. The molecule has 24 heavy (non-hydrogen) atoms. The lowest BCUT2D eigenvalue weighted by molar-refractivity contribution is -0.120. The summed E-state index contributed by atoms with van der Waals surface area (Å²) in [6.07, 6.45) is 1.69. The van der Waals surface area contributed by atoms with E-state index >= 15 is 0 Å². The zero-order valence-electron chi connectivity index (χ0n) is 14.1. The van der Waals surface area contributed by atoms with Gasteiger partial charge in [0.25, 0.3) is 0 Å². The highest BCUT2D eigenvalue weighted by molar-refractivity contribution is 5.88. The molecule has 1 aromatic heterocycles. The molecule has 0 atom stereocenters. The fourth-order valence-corrected chi connectivity index (χ4v) is 3.01. The van der Waals surface area contributed by atoms with E-state index in [0.29, 0.717) is 32.0 Å². The van der Waals surface area contributed by atoms with Crippen LogP contribution in [0.5, 0.6) is 0 Å². The Hall–Kier alpha value is -2.35. The van der Waals surface area contributed by atoms with Crippen LogP contribution in [0.25, 0.3) is 0 Å². The van der Waals surface area contributed by atoms with E-state index in [9.17, 15) is 9.59 Å².